The zero-order chi connectivity index (χ0) is 20.2. The highest BCUT2D eigenvalue weighted by atomic mass is 16.5. The fourth-order valence-corrected chi connectivity index (χ4v) is 4.23. The summed E-state index contributed by atoms with van der Waals surface area (Å²) in [6, 6.07) is 3.28. The summed E-state index contributed by atoms with van der Waals surface area (Å²) in [6.07, 6.45) is 1.08. The molecule has 8 nitrogen and oxygen atoms in total. The molecule has 2 aliphatic rings. The molecule has 1 atom stereocenters. The average molecular weight is 385 g/mol. The Morgan fingerprint density at radius 2 is 1.71 bits per heavy atom. The fourth-order valence-electron chi connectivity index (χ4n) is 4.23. The Morgan fingerprint density at radius 3 is 2.32 bits per heavy atom. The van der Waals surface area contributed by atoms with Crippen molar-refractivity contribution in [2.45, 2.75) is 32.6 Å². The molecule has 8 heteroatoms. The van der Waals surface area contributed by atoms with Gasteiger partial charge in [-0.1, -0.05) is 13.8 Å². The maximum Gasteiger partial charge on any atom is 0.270 e. The second-order valence-electron chi connectivity index (χ2n) is 8.03. The molecule has 4 N–H and O–H groups in total. The van der Waals surface area contributed by atoms with E-state index in [1.54, 1.807) is 12.1 Å². The van der Waals surface area contributed by atoms with Gasteiger partial charge in [-0.25, -0.2) is 0 Å². The molecule has 148 valence electrons. The lowest BCUT2D eigenvalue weighted by atomic mass is 9.69. The van der Waals surface area contributed by atoms with Crippen LogP contribution in [0.2, 0.25) is 0 Å². The molecule has 4 rings (SSSR count). The zero-order valence-corrected chi connectivity index (χ0v) is 16.2. The van der Waals surface area contributed by atoms with Crippen molar-refractivity contribution in [3.8, 4) is 17.2 Å². The number of nitrogens with one attached hydrogen (secondary N) is 3. The van der Waals surface area contributed by atoms with Gasteiger partial charge in [0, 0.05) is 23.6 Å². The van der Waals surface area contributed by atoms with Gasteiger partial charge in [-0.3, -0.25) is 19.8 Å². The van der Waals surface area contributed by atoms with E-state index in [2.05, 4.69) is 15.5 Å². The number of anilines is 1. The van der Waals surface area contributed by atoms with Crippen molar-refractivity contribution in [3.05, 3.63) is 44.9 Å². The van der Waals surface area contributed by atoms with E-state index in [9.17, 15) is 14.7 Å². The van der Waals surface area contributed by atoms with Gasteiger partial charge in [0.25, 0.3) is 5.56 Å². The van der Waals surface area contributed by atoms with E-state index in [1.807, 2.05) is 13.8 Å². The third-order valence-corrected chi connectivity index (χ3v) is 5.42. The number of H-pyrrole nitrogens is 2. The van der Waals surface area contributed by atoms with Gasteiger partial charge in [0.1, 0.15) is 5.82 Å². The van der Waals surface area contributed by atoms with Crippen LogP contribution in [-0.2, 0) is 4.79 Å². The van der Waals surface area contributed by atoms with Crippen molar-refractivity contribution < 1.29 is 19.4 Å². The van der Waals surface area contributed by atoms with E-state index < -0.39 is 5.92 Å². The standard InChI is InChI=1S/C20H23N3O5/c1-20(2)7-10-15(11(24)8-20)14(16-18(21-10)22-23-19(16)26)9-5-12(27-3)17(25)13(6-9)28-4/h5-6,14,25H,7-8H2,1-4H3,(H3,21,22,23,26)/t14-/m1/s1. The number of carbonyl (C=O) groups excluding carboxylic acids is 1. The summed E-state index contributed by atoms with van der Waals surface area (Å²) < 4.78 is 10.5. The van der Waals surface area contributed by atoms with Crippen LogP contribution in [0, 0.1) is 5.41 Å². The number of allylic oxidation sites excluding steroid dienone is 2. The second kappa shape index (κ2) is 6.19. The van der Waals surface area contributed by atoms with Crippen LogP contribution in [0.25, 0.3) is 0 Å². The van der Waals surface area contributed by atoms with Crippen molar-refractivity contribution in [3.63, 3.8) is 0 Å². The number of ketones is 1. The zero-order valence-electron chi connectivity index (χ0n) is 16.2. The molecule has 1 aromatic carbocycles. The van der Waals surface area contributed by atoms with Crippen LogP contribution in [0.4, 0.5) is 5.82 Å². The molecule has 1 aliphatic heterocycles. The Kier molecular flexibility index (Phi) is 4.02. The van der Waals surface area contributed by atoms with Gasteiger partial charge >= 0.3 is 0 Å². The number of hydrogen-bond acceptors (Lipinski definition) is 6. The summed E-state index contributed by atoms with van der Waals surface area (Å²) in [6.45, 7) is 4.10. The topological polar surface area (TPSA) is 116 Å². The predicted molar refractivity (Wildman–Crippen MR) is 103 cm³/mol. The normalized spacial score (nSPS) is 20.3. The SMILES string of the molecule is COc1cc([C@@H]2C3=C(CC(C)(C)CC3=O)Nc3[nH][nH]c(=O)c32)cc(OC)c1O. The third kappa shape index (κ3) is 2.67. The Labute approximate surface area is 161 Å². The molecule has 1 aliphatic carbocycles. The number of Topliss-reactive ketones (excluding diaryl/α,β-unsaturated/α-hetero) is 1. The fraction of sp³-hybridized carbons (Fsp3) is 0.400. The minimum atomic E-state index is -0.590. The molecule has 2 aromatic rings. The first-order chi connectivity index (χ1) is 13.3. The van der Waals surface area contributed by atoms with Gasteiger partial charge in [0.05, 0.1) is 19.8 Å². The monoisotopic (exact) mass is 385 g/mol. The first kappa shape index (κ1) is 18.2. The summed E-state index contributed by atoms with van der Waals surface area (Å²) in [5, 5.41) is 19.0. The first-order valence-corrected chi connectivity index (χ1v) is 9.04. The number of phenols is 1. The molecule has 0 saturated carbocycles. The summed E-state index contributed by atoms with van der Waals surface area (Å²) in [4.78, 5) is 25.7. The molecule has 0 unspecified atom stereocenters. The lowest BCUT2D eigenvalue weighted by Crippen LogP contribution is -2.35. The maximum atomic E-state index is 13.1. The van der Waals surface area contributed by atoms with Crippen molar-refractivity contribution in [1.82, 2.24) is 10.2 Å². The van der Waals surface area contributed by atoms with Crippen molar-refractivity contribution in [2.24, 2.45) is 5.41 Å². The van der Waals surface area contributed by atoms with Crippen molar-refractivity contribution in [1.29, 1.82) is 0 Å². The quantitative estimate of drug-likeness (QED) is 0.645. The Morgan fingerprint density at radius 1 is 1.07 bits per heavy atom. The number of rotatable bonds is 3. The van der Waals surface area contributed by atoms with E-state index in [0.717, 1.165) is 5.70 Å². The summed E-state index contributed by atoms with van der Waals surface area (Å²) in [5.74, 6) is 0.259. The van der Waals surface area contributed by atoms with E-state index in [1.165, 1.54) is 14.2 Å². The molecule has 0 amide bonds. The molecule has 28 heavy (non-hydrogen) atoms. The number of aromatic hydroxyl groups is 1. The molecule has 0 bridgehead atoms. The van der Waals surface area contributed by atoms with Crippen LogP contribution in [0.1, 0.15) is 43.7 Å². The van der Waals surface area contributed by atoms with E-state index in [4.69, 9.17) is 9.47 Å². The molecule has 0 fully saturated rings. The molecular weight excluding hydrogens is 362 g/mol. The highest BCUT2D eigenvalue weighted by Crippen LogP contribution is 2.49. The van der Waals surface area contributed by atoms with Crippen molar-refractivity contribution >= 4 is 11.6 Å². The third-order valence-electron chi connectivity index (χ3n) is 5.42. The Balaban J connectivity index is 1.98. The first-order valence-electron chi connectivity index (χ1n) is 9.04. The molecule has 0 saturated heterocycles. The van der Waals surface area contributed by atoms with Crippen molar-refractivity contribution in [2.75, 3.05) is 19.5 Å². The van der Waals surface area contributed by atoms with Gasteiger partial charge in [0.15, 0.2) is 17.3 Å². The largest absolute Gasteiger partial charge is 0.502 e. The summed E-state index contributed by atoms with van der Waals surface area (Å²) in [5.41, 5.74) is 1.97. The molecule has 0 spiro atoms. The average Bonchev–Trinajstić information content (AvgIpc) is 3.00. The van der Waals surface area contributed by atoms with Gasteiger partial charge in [0.2, 0.25) is 5.75 Å². The maximum absolute atomic E-state index is 13.1. The van der Waals surface area contributed by atoms with E-state index in [0.29, 0.717) is 35.4 Å². The van der Waals surface area contributed by atoms with Gasteiger partial charge in [-0.15, -0.1) is 0 Å². The highest BCUT2D eigenvalue weighted by Gasteiger charge is 2.42. The van der Waals surface area contributed by atoms with Crippen LogP contribution in [0.3, 0.4) is 0 Å². The molecule has 1 aromatic heterocycles. The van der Waals surface area contributed by atoms with Gasteiger partial charge in [-0.2, -0.15) is 0 Å². The molecule has 2 heterocycles. The number of fused-ring (bicyclic) bond motifs is 1. The van der Waals surface area contributed by atoms with Crippen LogP contribution in [0.5, 0.6) is 17.2 Å². The number of benzene rings is 1. The predicted octanol–water partition coefficient (Wildman–Crippen LogP) is 2.63. The molecule has 0 radical (unpaired) electrons. The smallest absolute Gasteiger partial charge is 0.270 e. The lowest BCUT2D eigenvalue weighted by Gasteiger charge is -2.38. The lowest BCUT2D eigenvalue weighted by molar-refractivity contribution is -0.118. The van der Waals surface area contributed by atoms with Crippen LogP contribution in [0.15, 0.2) is 28.2 Å². The minimum Gasteiger partial charge on any atom is -0.502 e. The summed E-state index contributed by atoms with van der Waals surface area (Å²) >= 11 is 0. The number of carbonyl (C=O) groups is 1. The second-order valence-corrected chi connectivity index (χ2v) is 8.03. The van der Waals surface area contributed by atoms with Crippen LogP contribution < -0.4 is 20.3 Å². The van der Waals surface area contributed by atoms with Crippen LogP contribution in [-0.4, -0.2) is 35.3 Å². The van der Waals surface area contributed by atoms with Gasteiger partial charge in [-0.05, 0) is 29.5 Å². The van der Waals surface area contributed by atoms with Gasteiger partial charge < -0.3 is 19.9 Å². The number of hydrogen-bond donors (Lipinski definition) is 4. The number of ether oxygens (including phenoxy) is 2. The van der Waals surface area contributed by atoms with E-state index in [-0.39, 0.29) is 34.0 Å². The Bertz CT molecular complexity index is 1040. The highest BCUT2D eigenvalue weighted by molar-refractivity contribution is 6.01. The molecular formula is C20H23N3O5. The number of methoxy groups -OCH3 is 2. The Hall–Kier alpha value is -3.16. The van der Waals surface area contributed by atoms with E-state index >= 15 is 0 Å². The number of aromatic nitrogens is 2. The summed E-state index contributed by atoms with van der Waals surface area (Å²) in [7, 11) is 2.88. The van der Waals surface area contributed by atoms with Crippen LogP contribution >= 0.6 is 0 Å². The number of phenolic OH excluding ortho intramolecular Hbond substituents is 1. The minimum absolute atomic E-state index is 0.000934. The number of aromatic amines is 2.